The number of alkyl halides is 6. The second kappa shape index (κ2) is 4.19. The van der Waals surface area contributed by atoms with Gasteiger partial charge in [-0.2, -0.15) is 17.6 Å². The smallest absolute Gasteiger partial charge is 0.328 e. The zero-order valence-corrected chi connectivity index (χ0v) is 8.46. The summed E-state index contributed by atoms with van der Waals surface area (Å²) in [6, 6.07) is 0. The van der Waals surface area contributed by atoms with Gasteiger partial charge in [-0.25, -0.2) is 8.78 Å². The van der Waals surface area contributed by atoms with E-state index in [9.17, 15) is 26.3 Å². The van der Waals surface area contributed by atoms with Crippen LogP contribution >= 0.6 is 0 Å². The summed E-state index contributed by atoms with van der Waals surface area (Å²) in [5.41, 5.74) is -1.61. The van der Waals surface area contributed by atoms with Crippen LogP contribution in [0.1, 0.15) is 27.2 Å². The van der Waals surface area contributed by atoms with Gasteiger partial charge in [0.25, 0.3) is 0 Å². The lowest BCUT2D eigenvalue weighted by atomic mass is 10.1. The first-order valence-electron chi connectivity index (χ1n) is 4.20. The normalized spacial score (nSPS) is 18.0. The molecule has 0 aliphatic heterocycles. The van der Waals surface area contributed by atoms with Crippen LogP contribution in [0.15, 0.2) is 0 Å². The van der Waals surface area contributed by atoms with E-state index in [2.05, 4.69) is 4.74 Å². The van der Waals surface area contributed by atoms with E-state index in [1.165, 1.54) is 6.92 Å². The first-order chi connectivity index (χ1) is 6.46. The van der Waals surface area contributed by atoms with Crippen LogP contribution in [0.2, 0.25) is 0 Å². The summed E-state index contributed by atoms with van der Waals surface area (Å²) >= 11 is 0. The lowest BCUT2D eigenvalue weighted by Crippen LogP contribution is -2.53. The largest absolute Gasteiger partial charge is 0.454 e. The highest BCUT2D eigenvalue weighted by atomic mass is 19.4. The van der Waals surface area contributed by atoms with Crippen molar-refractivity contribution in [3.8, 4) is 0 Å². The molecule has 0 amide bonds. The Hall–Kier alpha value is -0.460. The van der Waals surface area contributed by atoms with E-state index in [1.807, 2.05) is 0 Å². The van der Waals surface area contributed by atoms with Crippen molar-refractivity contribution < 1.29 is 31.1 Å². The molecular formula is C8H12F6O. The minimum absolute atomic E-state index is 0.0263. The molecule has 0 aromatic rings. The van der Waals surface area contributed by atoms with E-state index < -0.39 is 24.1 Å². The summed E-state index contributed by atoms with van der Waals surface area (Å²) in [7, 11) is 0. The van der Waals surface area contributed by atoms with Gasteiger partial charge in [0.05, 0.1) is 5.60 Å². The zero-order valence-electron chi connectivity index (χ0n) is 8.46. The fourth-order valence-corrected chi connectivity index (χ4v) is 0.700. The average molecular weight is 238 g/mol. The molecule has 92 valence electrons. The molecule has 0 rings (SSSR count). The standard InChI is InChI=1S/C8H12F6O/c1-4-6(2,3)15-7(11,5(9)10)8(12,13)14/h5H,4H2,1-3H3. The van der Waals surface area contributed by atoms with Crippen LogP contribution in [0, 0.1) is 0 Å². The molecule has 0 spiro atoms. The number of hydrogen-bond acceptors (Lipinski definition) is 1. The monoisotopic (exact) mass is 238 g/mol. The maximum atomic E-state index is 13.0. The molecule has 1 nitrogen and oxygen atoms in total. The van der Waals surface area contributed by atoms with Crippen LogP contribution < -0.4 is 0 Å². The van der Waals surface area contributed by atoms with Crippen LogP contribution in [-0.4, -0.2) is 24.1 Å². The molecule has 0 aliphatic rings. The highest BCUT2D eigenvalue weighted by Crippen LogP contribution is 2.42. The maximum absolute atomic E-state index is 13.0. The summed E-state index contributed by atoms with van der Waals surface area (Å²) in [5.74, 6) is -4.91. The summed E-state index contributed by atoms with van der Waals surface area (Å²) in [6.45, 7) is 3.62. The Morgan fingerprint density at radius 1 is 1.07 bits per heavy atom. The van der Waals surface area contributed by atoms with Gasteiger partial charge in [-0.1, -0.05) is 6.92 Å². The summed E-state index contributed by atoms with van der Waals surface area (Å²) in [5, 5.41) is 0. The van der Waals surface area contributed by atoms with E-state index in [0.717, 1.165) is 13.8 Å². The van der Waals surface area contributed by atoms with Crippen molar-refractivity contribution in [1.82, 2.24) is 0 Å². The number of halogens is 6. The lowest BCUT2D eigenvalue weighted by molar-refractivity contribution is -0.392. The van der Waals surface area contributed by atoms with Crippen LogP contribution in [0.5, 0.6) is 0 Å². The predicted molar refractivity (Wildman–Crippen MR) is 41.4 cm³/mol. The first kappa shape index (κ1) is 14.5. The van der Waals surface area contributed by atoms with Crippen LogP contribution in [0.3, 0.4) is 0 Å². The fourth-order valence-electron chi connectivity index (χ4n) is 0.700. The molecule has 1 atom stereocenters. The van der Waals surface area contributed by atoms with Gasteiger partial charge in [-0.15, -0.1) is 0 Å². The quantitative estimate of drug-likeness (QED) is 0.679. The molecule has 0 heterocycles. The Labute approximate surface area is 83.4 Å². The predicted octanol–water partition coefficient (Wildman–Crippen LogP) is 3.68. The Morgan fingerprint density at radius 2 is 1.47 bits per heavy atom. The molecule has 0 bridgehead atoms. The van der Waals surface area contributed by atoms with Crippen molar-refractivity contribution in [2.45, 2.75) is 51.2 Å². The zero-order chi connectivity index (χ0) is 12.5. The lowest BCUT2D eigenvalue weighted by Gasteiger charge is -2.35. The van der Waals surface area contributed by atoms with Crippen molar-refractivity contribution in [2.24, 2.45) is 0 Å². The molecule has 0 aliphatic carbocycles. The third kappa shape index (κ3) is 3.25. The van der Waals surface area contributed by atoms with Crippen molar-refractivity contribution >= 4 is 0 Å². The average Bonchev–Trinajstić information content (AvgIpc) is 2.01. The highest BCUT2D eigenvalue weighted by molar-refractivity contribution is 4.84. The molecule has 0 aromatic carbocycles. The van der Waals surface area contributed by atoms with Gasteiger partial charge in [0.15, 0.2) is 0 Å². The second-order valence-corrected chi connectivity index (χ2v) is 3.66. The van der Waals surface area contributed by atoms with Crippen LogP contribution in [0.4, 0.5) is 26.3 Å². The third-order valence-corrected chi connectivity index (χ3v) is 1.94. The molecule has 0 radical (unpaired) electrons. The Morgan fingerprint density at radius 3 is 1.67 bits per heavy atom. The molecule has 0 saturated carbocycles. The Kier molecular flexibility index (Phi) is 4.06. The second-order valence-electron chi connectivity index (χ2n) is 3.66. The Bertz CT molecular complexity index is 212. The molecule has 7 heteroatoms. The minimum atomic E-state index is -5.76. The van der Waals surface area contributed by atoms with Gasteiger partial charge in [0.1, 0.15) is 0 Å². The molecule has 1 unspecified atom stereocenters. The number of hydrogen-bond donors (Lipinski definition) is 0. The summed E-state index contributed by atoms with van der Waals surface area (Å²) < 4.78 is 77.0. The number of ether oxygens (including phenoxy) is 1. The van der Waals surface area contributed by atoms with Crippen molar-refractivity contribution in [2.75, 3.05) is 0 Å². The van der Waals surface area contributed by atoms with Crippen LogP contribution in [0.25, 0.3) is 0 Å². The fraction of sp³-hybridized carbons (Fsp3) is 1.00. The molecule has 0 N–H and O–H groups in total. The van der Waals surface area contributed by atoms with Gasteiger partial charge >= 0.3 is 18.5 Å². The van der Waals surface area contributed by atoms with Gasteiger partial charge in [0, 0.05) is 0 Å². The topological polar surface area (TPSA) is 9.23 Å². The van der Waals surface area contributed by atoms with Gasteiger partial charge in [0.2, 0.25) is 0 Å². The van der Waals surface area contributed by atoms with Gasteiger partial charge < -0.3 is 4.74 Å². The Balaban J connectivity index is 5.00. The molecule has 0 aromatic heterocycles. The molecule has 0 saturated heterocycles. The van der Waals surface area contributed by atoms with Crippen molar-refractivity contribution in [1.29, 1.82) is 0 Å². The highest BCUT2D eigenvalue weighted by Gasteiger charge is 2.66. The van der Waals surface area contributed by atoms with Crippen molar-refractivity contribution in [3.05, 3.63) is 0 Å². The minimum Gasteiger partial charge on any atom is -0.328 e. The van der Waals surface area contributed by atoms with E-state index in [0.29, 0.717) is 0 Å². The van der Waals surface area contributed by atoms with E-state index in [4.69, 9.17) is 0 Å². The molecule has 15 heavy (non-hydrogen) atoms. The van der Waals surface area contributed by atoms with Crippen LogP contribution in [-0.2, 0) is 4.74 Å². The van der Waals surface area contributed by atoms with E-state index in [1.54, 1.807) is 0 Å². The first-order valence-corrected chi connectivity index (χ1v) is 4.20. The van der Waals surface area contributed by atoms with Crippen molar-refractivity contribution in [3.63, 3.8) is 0 Å². The maximum Gasteiger partial charge on any atom is 0.454 e. The SMILES string of the molecule is CCC(C)(C)OC(F)(C(F)F)C(F)(F)F. The van der Waals surface area contributed by atoms with Gasteiger partial charge in [-0.3, -0.25) is 0 Å². The number of rotatable bonds is 4. The van der Waals surface area contributed by atoms with E-state index in [-0.39, 0.29) is 6.42 Å². The van der Waals surface area contributed by atoms with E-state index >= 15 is 0 Å². The molecule has 0 fully saturated rings. The summed E-state index contributed by atoms with van der Waals surface area (Å²) in [6.07, 6.45) is -10.1. The van der Waals surface area contributed by atoms with Gasteiger partial charge in [-0.05, 0) is 20.3 Å². The third-order valence-electron chi connectivity index (χ3n) is 1.94. The molecular weight excluding hydrogens is 226 g/mol. The summed E-state index contributed by atoms with van der Waals surface area (Å²) in [4.78, 5) is 0.